The van der Waals surface area contributed by atoms with E-state index in [0.29, 0.717) is 37.8 Å². The lowest BCUT2D eigenvalue weighted by Gasteiger charge is -2.31. The fraction of sp³-hybridized carbons (Fsp3) is 0.526. The average molecular weight is 363 g/mol. The van der Waals surface area contributed by atoms with E-state index in [0.717, 1.165) is 12.8 Å². The molecule has 0 saturated carbocycles. The third kappa shape index (κ3) is 4.83. The van der Waals surface area contributed by atoms with Gasteiger partial charge >= 0.3 is 0 Å². The molecular weight excluding hydrogens is 338 g/mol. The van der Waals surface area contributed by atoms with Crippen molar-refractivity contribution < 1.29 is 17.9 Å². The topological polar surface area (TPSA) is 63.7 Å². The maximum atomic E-state index is 12.6. The van der Waals surface area contributed by atoms with E-state index in [4.69, 9.17) is 11.2 Å². The molecule has 136 valence electrons. The van der Waals surface area contributed by atoms with E-state index in [2.05, 4.69) is 5.92 Å². The van der Waals surface area contributed by atoms with Gasteiger partial charge in [0.05, 0.1) is 16.8 Å². The van der Waals surface area contributed by atoms with Gasteiger partial charge in [0.15, 0.2) is 9.84 Å². The van der Waals surface area contributed by atoms with Gasteiger partial charge in [0.25, 0.3) is 5.91 Å². The van der Waals surface area contributed by atoms with Gasteiger partial charge in [-0.2, -0.15) is 0 Å². The van der Waals surface area contributed by atoms with Crippen molar-refractivity contribution in [3.63, 3.8) is 0 Å². The highest BCUT2D eigenvalue weighted by atomic mass is 32.2. The number of sulfone groups is 1. The highest BCUT2D eigenvalue weighted by Gasteiger charge is 2.24. The first kappa shape index (κ1) is 19.5. The predicted octanol–water partition coefficient (Wildman–Crippen LogP) is 2.37. The predicted molar refractivity (Wildman–Crippen MR) is 97.0 cm³/mol. The third-order valence-corrected chi connectivity index (χ3v) is 6.66. The van der Waals surface area contributed by atoms with Crippen LogP contribution >= 0.6 is 0 Å². The number of carbonyl (C=O) groups is 1. The van der Waals surface area contributed by atoms with Crippen molar-refractivity contribution in [2.45, 2.75) is 36.8 Å². The summed E-state index contributed by atoms with van der Waals surface area (Å²) in [7, 11) is -3.32. The lowest BCUT2D eigenvalue weighted by Crippen LogP contribution is -2.39. The van der Waals surface area contributed by atoms with Gasteiger partial charge in [-0.05, 0) is 56.9 Å². The smallest absolute Gasteiger partial charge is 0.253 e. The van der Waals surface area contributed by atoms with Crippen LogP contribution in [0.2, 0.25) is 0 Å². The number of terminal acetylenes is 1. The summed E-state index contributed by atoms with van der Waals surface area (Å²) in [5.74, 6) is 2.82. The molecule has 0 atom stereocenters. The second-order valence-corrected chi connectivity index (χ2v) is 9.08. The van der Waals surface area contributed by atoms with Gasteiger partial charge in [0.2, 0.25) is 0 Å². The molecule has 6 heteroatoms. The number of benzene rings is 1. The Hall–Kier alpha value is -1.84. The van der Waals surface area contributed by atoms with Gasteiger partial charge in [-0.3, -0.25) is 4.79 Å². The average Bonchev–Trinajstić information content (AvgIpc) is 2.62. The molecule has 1 fully saturated rings. The summed E-state index contributed by atoms with van der Waals surface area (Å²) < 4.78 is 29.6. The minimum atomic E-state index is -3.32. The molecule has 0 radical (unpaired) electrons. The molecule has 0 bridgehead atoms. The van der Waals surface area contributed by atoms with Crippen LogP contribution in [-0.2, 0) is 14.6 Å². The summed E-state index contributed by atoms with van der Waals surface area (Å²) in [5, 5.41) is -0.482. The second kappa shape index (κ2) is 8.50. The minimum absolute atomic E-state index is 0.0588. The Bertz CT molecular complexity index is 724. The summed E-state index contributed by atoms with van der Waals surface area (Å²) in [6, 6.07) is 6.23. The zero-order chi connectivity index (χ0) is 18.4. The number of carbonyl (C=O) groups excluding carboxylic acids is 1. The molecule has 1 aliphatic heterocycles. The molecule has 25 heavy (non-hydrogen) atoms. The van der Waals surface area contributed by atoms with Crippen molar-refractivity contribution in [1.82, 2.24) is 4.90 Å². The Morgan fingerprint density at radius 1 is 1.28 bits per heavy atom. The van der Waals surface area contributed by atoms with Crippen LogP contribution in [0.5, 0.6) is 0 Å². The zero-order valence-electron chi connectivity index (χ0n) is 14.8. The Morgan fingerprint density at radius 2 is 1.88 bits per heavy atom. The van der Waals surface area contributed by atoms with E-state index in [1.807, 2.05) is 4.90 Å². The van der Waals surface area contributed by atoms with Crippen molar-refractivity contribution in [1.29, 1.82) is 0 Å². The Labute approximate surface area is 150 Å². The first-order valence-corrected chi connectivity index (χ1v) is 10.1. The summed E-state index contributed by atoms with van der Waals surface area (Å²) in [6.45, 7) is 5.60. The third-order valence-electron chi connectivity index (χ3n) is 4.49. The van der Waals surface area contributed by atoms with Crippen molar-refractivity contribution in [2.24, 2.45) is 5.92 Å². The van der Waals surface area contributed by atoms with Crippen molar-refractivity contribution in [3.8, 4) is 12.3 Å². The SMILES string of the molecule is C#CCOCC1CCN(C(=O)c2ccc(S(=O)(=O)C(C)C)cc2)CC1. The van der Waals surface area contributed by atoms with Crippen LogP contribution in [-0.4, -0.2) is 50.8 Å². The molecule has 1 amide bonds. The number of hydrogen-bond acceptors (Lipinski definition) is 4. The van der Waals surface area contributed by atoms with E-state index >= 15 is 0 Å². The van der Waals surface area contributed by atoms with Gasteiger partial charge in [0.1, 0.15) is 6.61 Å². The fourth-order valence-electron chi connectivity index (χ4n) is 2.83. The second-order valence-electron chi connectivity index (χ2n) is 6.57. The summed E-state index contributed by atoms with van der Waals surface area (Å²) in [4.78, 5) is 14.6. The van der Waals surface area contributed by atoms with Gasteiger partial charge < -0.3 is 9.64 Å². The molecule has 1 aromatic rings. The number of rotatable bonds is 6. The normalized spacial score (nSPS) is 16.0. The van der Waals surface area contributed by atoms with Gasteiger partial charge in [-0.25, -0.2) is 8.42 Å². The molecule has 1 saturated heterocycles. The van der Waals surface area contributed by atoms with Gasteiger partial charge in [0, 0.05) is 18.7 Å². The van der Waals surface area contributed by atoms with E-state index in [9.17, 15) is 13.2 Å². The van der Waals surface area contributed by atoms with Crippen LogP contribution in [0.25, 0.3) is 0 Å². The molecule has 0 spiro atoms. The molecule has 1 heterocycles. The van der Waals surface area contributed by atoms with E-state index < -0.39 is 15.1 Å². The van der Waals surface area contributed by atoms with E-state index in [-0.39, 0.29) is 10.8 Å². The molecular formula is C19H25NO4S. The monoisotopic (exact) mass is 363 g/mol. The number of ether oxygens (including phenoxy) is 1. The number of piperidine rings is 1. The maximum Gasteiger partial charge on any atom is 0.253 e. The quantitative estimate of drug-likeness (QED) is 0.575. The Balaban J connectivity index is 1.95. The van der Waals surface area contributed by atoms with Crippen molar-refractivity contribution >= 4 is 15.7 Å². The molecule has 1 aromatic carbocycles. The van der Waals surface area contributed by atoms with E-state index in [1.165, 1.54) is 12.1 Å². The number of likely N-dealkylation sites (tertiary alicyclic amines) is 1. The Morgan fingerprint density at radius 3 is 2.40 bits per heavy atom. The van der Waals surface area contributed by atoms with Crippen LogP contribution in [0.4, 0.5) is 0 Å². The largest absolute Gasteiger partial charge is 0.369 e. The minimum Gasteiger partial charge on any atom is -0.369 e. The molecule has 0 aliphatic carbocycles. The highest BCUT2D eigenvalue weighted by molar-refractivity contribution is 7.92. The van der Waals surface area contributed by atoms with Crippen LogP contribution in [0.3, 0.4) is 0 Å². The number of hydrogen-bond donors (Lipinski definition) is 0. The van der Waals surface area contributed by atoms with Crippen LogP contribution in [0, 0.1) is 18.3 Å². The molecule has 2 rings (SSSR count). The van der Waals surface area contributed by atoms with Crippen molar-refractivity contribution in [3.05, 3.63) is 29.8 Å². The van der Waals surface area contributed by atoms with Gasteiger partial charge in [-0.15, -0.1) is 6.42 Å². The van der Waals surface area contributed by atoms with Crippen LogP contribution in [0.1, 0.15) is 37.0 Å². The molecule has 0 N–H and O–H groups in total. The van der Waals surface area contributed by atoms with Crippen LogP contribution < -0.4 is 0 Å². The van der Waals surface area contributed by atoms with Gasteiger partial charge in [-0.1, -0.05) is 5.92 Å². The summed E-state index contributed by atoms with van der Waals surface area (Å²) >= 11 is 0. The van der Waals surface area contributed by atoms with Crippen molar-refractivity contribution in [2.75, 3.05) is 26.3 Å². The molecule has 0 unspecified atom stereocenters. The highest BCUT2D eigenvalue weighted by Crippen LogP contribution is 2.21. The lowest BCUT2D eigenvalue weighted by molar-refractivity contribution is 0.0582. The standard InChI is InChI=1S/C19H25NO4S/c1-4-13-24-14-16-9-11-20(12-10-16)19(21)17-5-7-18(8-6-17)25(22,23)15(2)3/h1,5-8,15-16H,9-14H2,2-3H3. The maximum absolute atomic E-state index is 12.6. The summed E-state index contributed by atoms with van der Waals surface area (Å²) in [6.07, 6.45) is 6.93. The first-order chi connectivity index (χ1) is 11.9. The summed E-state index contributed by atoms with van der Waals surface area (Å²) in [5.41, 5.74) is 0.518. The number of amides is 1. The lowest BCUT2D eigenvalue weighted by atomic mass is 9.97. The zero-order valence-corrected chi connectivity index (χ0v) is 15.6. The molecule has 1 aliphatic rings. The fourth-order valence-corrected chi connectivity index (χ4v) is 3.89. The number of nitrogens with zero attached hydrogens (tertiary/aromatic N) is 1. The first-order valence-electron chi connectivity index (χ1n) is 8.50. The van der Waals surface area contributed by atoms with Crippen LogP contribution in [0.15, 0.2) is 29.2 Å². The molecule has 5 nitrogen and oxygen atoms in total. The molecule has 0 aromatic heterocycles. The Kier molecular flexibility index (Phi) is 6.63. The van der Waals surface area contributed by atoms with E-state index in [1.54, 1.807) is 26.0 Å².